The summed E-state index contributed by atoms with van der Waals surface area (Å²) in [7, 11) is -3.59. The highest BCUT2D eigenvalue weighted by molar-refractivity contribution is 7.89. The van der Waals surface area contributed by atoms with Gasteiger partial charge in [-0.1, -0.05) is 68.4 Å². The van der Waals surface area contributed by atoms with Gasteiger partial charge in [0.1, 0.15) is 0 Å². The molecule has 0 aliphatic heterocycles. The van der Waals surface area contributed by atoms with Gasteiger partial charge in [0.05, 0.1) is 4.90 Å². The number of carbonyl (C=O) groups excluding carboxylic acids is 1. The molecule has 29 heavy (non-hydrogen) atoms. The molecular formula is C23H24N2O3S. The van der Waals surface area contributed by atoms with Crippen LogP contribution < -0.4 is 5.32 Å². The first kappa shape index (κ1) is 20.8. The van der Waals surface area contributed by atoms with Crippen LogP contribution in [0.3, 0.4) is 0 Å². The molecule has 0 radical (unpaired) electrons. The third kappa shape index (κ3) is 4.55. The zero-order valence-corrected chi connectivity index (χ0v) is 17.3. The summed E-state index contributed by atoms with van der Waals surface area (Å²) in [6.45, 7) is 4.38. The van der Waals surface area contributed by atoms with Crippen LogP contribution in [0.2, 0.25) is 0 Å². The van der Waals surface area contributed by atoms with Crippen molar-refractivity contribution in [2.45, 2.75) is 18.7 Å². The molecule has 0 atom stereocenters. The molecule has 1 N–H and O–H groups in total. The number of sulfonamides is 1. The summed E-state index contributed by atoms with van der Waals surface area (Å²) in [5.41, 5.74) is 2.72. The quantitative estimate of drug-likeness (QED) is 0.619. The van der Waals surface area contributed by atoms with Crippen molar-refractivity contribution >= 4 is 21.6 Å². The predicted molar refractivity (Wildman–Crippen MR) is 116 cm³/mol. The number of carbonyl (C=O) groups is 1. The normalized spacial score (nSPS) is 11.4. The molecular weight excluding hydrogens is 384 g/mol. The molecule has 0 saturated heterocycles. The highest BCUT2D eigenvalue weighted by atomic mass is 32.2. The lowest BCUT2D eigenvalue weighted by Crippen LogP contribution is -2.30. The second-order valence-electron chi connectivity index (χ2n) is 6.48. The van der Waals surface area contributed by atoms with Crippen molar-refractivity contribution in [2.75, 3.05) is 18.4 Å². The first-order valence-corrected chi connectivity index (χ1v) is 11.0. The van der Waals surface area contributed by atoms with E-state index in [0.29, 0.717) is 24.3 Å². The summed E-state index contributed by atoms with van der Waals surface area (Å²) < 4.78 is 26.9. The lowest BCUT2D eigenvalue weighted by Gasteiger charge is -2.19. The van der Waals surface area contributed by atoms with Crippen LogP contribution >= 0.6 is 0 Å². The summed E-state index contributed by atoms with van der Waals surface area (Å²) in [5, 5.41) is 2.83. The molecule has 6 heteroatoms. The van der Waals surface area contributed by atoms with Gasteiger partial charge in [-0.25, -0.2) is 8.42 Å². The Hall–Kier alpha value is -2.96. The Morgan fingerprint density at radius 3 is 2.21 bits per heavy atom. The van der Waals surface area contributed by atoms with E-state index >= 15 is 0 Å². The minimum atomic E-state index is -3.59. The van der Waals surface area contributed by atoms with Gasteiger partial charge in [0, 0.05) is 24.3 Å². The van der Waals surface area contributed by atoms with E-state index < -0.39 is 10.0 Å². The summed E-state index contributed by atoms with van der Waals surface area (Å²) in [6, 6.07) is 23.4. The van der Waals surface area contributed by atoms with Crippen LogP contribution in [-0.4, -0.2) is 31.7 Å². The van der Waals surface area contributed by atoms with E-state index in [9.17, 15) is 13.2 Å². The highest BCUT2D eigenvalue weighted by Crippen LogP contribution is 2.25. The molecule has 0 aromatic heterocycles. The first-order valence-electron chi connectivity index (χ1n) is 9.53. The Balaban J connectivity index is 1.90. The van der Waals surface area contributed by atoms with Gasteiger partial charge in [0.2, 0.25) is 10.0 Å². The Morgan fingerprint density at radius 1 is 0.862 bits per heavy atom. The minimum Gasteiger partial charge on any atom is -0.322 e. The molecule has 0 spiro atoms. The summed E-state index contributed by atoms with van der Waals surface area (Å²) in [6.07, 6.45) is 0. The molecule has 0 aliphatic rings. The Kier molecular flexibility index (Phi) is 6.46. The average molecular weight is 409 g/mol. The number of nitrogens with zero attached hydrogens (tertiary/aromatic N) is 1. The highest BCUT2D eigenvalue weighted by Gasteiger charge is 2.22. The van der Waals surface area contributed by atoms with E-state index in [1.165, 1.54) is 10.4 Å². The maximum atomic E-state index is 12.9. The molecule has 3 aromatic carbocycles. The van der Waals surface area contributed by atoms with Crippen molar-refractivity contribution < 1.29 is 13.2 Å². The molecule has 3 aromatic rings. The molecule has 5 nitrogen and oxygen atoms in total. The topological polar surface area (TPSA) is 66.5 Å². The maximum absolute atomic E-state index is 12.9. The van der Waals surface area contributed by atoms with Crippen molar-refractivity contribution in [3.63, 3.8) is 0 Å². The van der Waals surface area contributed by atoms with Crippen LogP contribution in [-0.2, 0) is 10.0 Å². The average Bonchev–Trinajstić information content (AvgIpc) is 2.75. The summed E-state index contributed by atoms with van der Waals surface area (Å²) in [5.74, 6) is -0.290. The molecule has 0 unspecified atom stereocenters. The van der Waals surface area contributed by atoms with Crippen LogP contribution in [0, 0.1) is 0 Å². The van der Waals surface area contributed by atoms with Gasteiger partial charge in [0.15, 0.2) is 0 Å². The van der Waals surface area contributed by atoms with Crippen LogP contribution in [0.4, 0.5) is 5.69 Å². The number of anilines is 1. The second kappa shape index (κ2) is 9.03. The predicted octanol–water partition coefficient (Wildman–Crippen LogP) is 4.64. The van der Waals surface area contributed by atoms with Crippen LogP contribution in [0.5, 0.6) is 0 Å². The van der Waals surface area contributed by atoms with Gasteiger partial charge >= 0.3 is 0 Å². The second-order valence-corrected chi connectivity index (χ2v) is 8.42. The molecule has 0 bridgehead atoms. The number of benzene rings is 3. The number of nitrogens with one attached hydrogen (secondary N) is 1. The molecule has 0 heterocycles. The lowest BCUT2D eigenvalue weighted by atomic mass is 9.99. The monoisotopic (exact) mass is 408 g/mol. The van der Waals surface area contributed by atoms with E-state index in [4.69, 9.17) is 0 Å². The smallest absolute Gasteiger partial charge is 0.256 e. The number of hydrogen-bond acceptors (Lipinski definition) is 3. The number of amides is 1. The minimum absolute atomic E-state index is 0.162. The van der Waals surface area contributed by atoms with Crippen molar-refractivity contribution in [1.82, 2.24) is 4.31 Å². The fourth-order valence-corrected chi connectivity index (χ4v) is 4.70. The molecule has 0 saturated carbocycles. The third-order valence-corrected chi connectivity index (χ3v) is 6.74. The number of hydrogen-bond donors (Lipinski definition) is 1. The van der Waals surface area contributed by atoms with Crippen molar-refractivity contribution in [2.24, 2.45) is 0 Å². The first-order chi connectivity index (χ1) is 14.0. The zero-order valence-electron chi connectivity index (χ0n) is 16.5. The molecule has 0 fully saturated rings. The maximum Gasteiger partial charge on any atom is 0.256 e. The SMILES string of the molecule is CCN(CC)S(=O)(=O)c1cccc(NC(=O)c2ccccc2-c2ccccc2)c1. The summed E-state index contributed by atoms with van der Waals surface area (Å²) in [4.78, 5) is 13.1. The zero-order chi connectivity index (χ0) is 20.9. The standard InChI is InChI=1S/C23H24N2O3S/c1-3-25(4-2)29(27,28)20-14-10-13-19(17-20)24-23(26)22-16-9-8-15-21(22)18-11-6-5-7-12-18/h5-17H,3-4H2,1-2H3,(H,24,26). The van der Waals surface area contributed by atoms with E-state index in [0.717, 1.165) is 11.1 Å². The van der Waals surface area contributed by atoms with Gasteiger partial charge in [-0.15, -0.1) is 0 Å². The molecule has 0 aliphatic carbocycles. The van der Waals surface area contributed by atoms with Gasteiger partial charge in [-0.2, -0.15) is 4.31 Å². The Bertz CT molecular complexity index is 1090. The van der Waals surface area contributed by atoms with Gasteiger partial charge in [-0.05, 0) is 35.4 Å². The van der Waals surface area contributed by atoms with Crippen LogP contribution in [0.25, 0.3) is 11.1 Å². The molecule has 150 valence electrons. The van der Waals surface area contributed by atoms with Crippen molar-refractivity contribution in [1.29, 1.82) is 0 Å². The van der Waals surface area contributed by atoms with E-state index in [2.05, 4.69) is 5.32 Å². The van der Waals surface area contributed by atoms with Crippen LogP contribution in [0.1, 0.15) is 24.2 Å². The van der Waals surface area contributed by atoms with Crippen molar-refractivity contribution in [3.8, 4) is 11.1 Å². The summed E-state index contributed by atoms with van der Waals surface area (Å²) >= 11 is 0. The molecule has 3 rings (SSSR count). The molecule has 1 amide bonds. The van der Waals surface area contributed by atoms with Crippen molar-refractivity contribution in [3.05, 3.63) is 84.4 Å². The number of rotatable bonds is 7. The largest absolute Gasteiger partial charge is 0.322 e. The van der Waals surface area contributed by atoms with Gasteiger partial charge in [0.25, 0.3) is 5.91 Å². The van der Waals surface area contributed by atoms with E-state index in [1.54, 1.807) is 38.1 Å². The van der Waals surface area contributed by atoms with E-state index in [1.807, 2.05) is 48.5 Å². The van der Waals surface area contributed by atoms with E-state index in [-0.39, 0.29) is 10.8 Å². The van der Waals surface area contributed by atoms with Crippen LogP contribution in [0.15, 0.2) is 83.8 Å². The van der Waals surface area contributed by atoms with Gasteiger partial charge in [-0.3, -0.25) is 4.79 Å². The Morgan fingerprint density at radius 2 is 1.52 bits per heavy atom. The van der Waals surface area contributed by atoms with Gasteiger partial charge < -0.3 is 5.32 Å². The Labute approximate surface area is 172 Å². The lowest BCUT2D eigenvalue weighted by molar-refractivity contribution is 0.102. The fraction of sp³-hybridized carbons (Fsp3) is 0.174. The fourth-order valence-electron chi connectivity index (χ4n) is 3.20. The third-order valence-electron chi connectivity index (χ3n) is 4.69.